The maximum atomic E-state index is 12.6. The van der Waals surface area contributed by atoms with Gasteiger partial charge in [0.2, 0.25) is 10.0 Å². The molecule has 1 aromatic carbocycles. The van der Waals surface area contributed by atoms with E-state index in [1.165, 1.54) is 23.4 Å². The van der Waals surface area contributed by atoms with Crippen LogP contribution in [0.25, 0.3) is 0 Å². The van der Waals surface area contributed by atoms with Crippen LogP contribution < -0.4 is 0 Å². The number of hydrogen-bond acceptors (Lipinski definition) is 3. The summed E-state index contributed by atoms with van der Waals surface area (Å²) in [5.74, 6) is -0.136. The van der Waals surface area contributed by atoms with Crippen molar-refractivity contribution in [2.45, 2.75) is 45.1 Å². The Labute approximate surface area is 115 Å². The van der Waals surface area contributed by atoms with Gasteiger partial charge in [0.1, 0.15) is 0 Å². The Balaban J connectivity index is 3.25. The van der Waals surface area contributed by atoms with Crippen LogP contribution in [0.3, 0.4) is 0 Å². The fourth-order valence-electron chi connectivity index (χ4n) is 1.89. The zero-order valence-electron chi connectivity index (χ0n) is 11.9. The zero-order valence-corrected chi connectivity index (χ0v) is 12.7. The zero-order chi connectivity index (χ0) is 14.6. The number of rotatable bonds is 6. The minimum absolute atomic E-state index is 0.106. The van der Waals surface area contributed by atoms with Gasteiger partial charge in [0.05, 0.1) is 4.90 Å². The van der Waals surface area contributed by atoms with Crippen LogP contribution >= 0.6 is 0 Å². The summed E-state index contributed by atoms with van der Waals surface area (Å²) in [7, 11) is -3.54. The summed E-state index contributed by atoms with van der Waals surface area (Å²) in [6.45, 7) is 7.54. The number of hydrogen-bond donors (Lipinski definition) is 0. The smallest absolute Gasteiger partial charge is 0.243 e. The van der Waals surface area contributed by atoms with Crippen molar-refractivity contribution in [3.63, 3.8) is 0 Å². The second-order valence-electron chi connectivity index (χ2n) is 4.79. The lowest BCUT2D eigenvalue weighted by molar-refractivity contribution is 0.101. The first kappa shape index (κ1) is 15.9. The predicted molar refractivity (Wildman–Crippen MR) is 75.8 cm³/mol. The molecular weight excluding hydrogens is 262 g/mol. The monoisotopic (exact) mass is 283 g/mol. The van der Waals surface area contributed by atoms with Crippen molar-refractivity contribution < 1.29 is 13.2 Å². The molecule has 0 aliphatic heterocycles. The summed E-state index contributed by atoms with van der Waals surface area (Å²) in [6, 6.07) is 6.11. The molecule has 0 aromatic heterocycles. The summed E-state index contributed by atoms with van der Waals surface area (Å²) >= 11 is 0. The molecule has 0 heterocycles. The Kier molecular flexibility index (Phi) is 5.26. The molecule has 0 atom stereocenters. The number of Topliss-reactive ketones (excluding diaryl/α,β-unsaturated/α-hetero) is 1. The third-order valence-electron chi connectivity index (χ3n) is 2.87. The van der Waals surface area contributed by atoms with Gasteiger partial charge >= 0.3 is 0 Å². The molecule has 0 saturated heterocycles. The fourth-order valence-corrected chi connectivity index (χ4v) is 3.66. The lowest BCUT2D eigenvalue weighted by Gasteiger charge is -2.25. The molecule has 4 nitrogen and oxygen atoms in total. The van der Waals surface area contributed by atoms with Crippen molar-refractivity contribution >= 4 is 15.8 Å². The van der Waals surface area contributed by atoms with Gasteiger partial charge in [-0.3, -0.25) is 4.79 Å². The first-order valence-electron chi connectivity index (χ1n) is 6.43. The molecule has 0 aliphatic rings. The van der Waals surface area contributed by atoms with Crippen LogP contribution in [0.4, 0.5) is 0 Å². The van der Waals surface area contributed by atoms with Gasteiger partial charge in [0.25, 0.3) is 0 Å². The van der Waals surface area contributed by atoms with E-state index >= 15 is 0 Å². The number of carbonyl (C=O) groups is 1. The first-order valence-corrected chi connectivity index (χ1v) is 7.87. The van der Waals surface area contributed by atoms with Crippen LogP contribution in [0.5, 0.6) is 0 Å². The normalized spacial score (nSPS) is 12.1. The SMILES string of the molecule is CCCN(C(C)C)S(=O)(=O)c1cccc(C(C)=O)c1. The number of sulfonamides is 1. The van der Waals surface area contributed by atoms with Gasteiger partial charge in [-0.05, 0) is 39.3 Å². The third kappa shape index (κ3) is 3.64. The summed E-state index contributed by atoms with van der Waals surface area (Å²) < 4.78 is 26.6. The van der Waals surface area contributed by atoms with Gasteiger partial charge in [0.15, 0.2) is 5.78 Å². The Morgan fingerprint density at radius 2 is 1.95 bits per heavy atom. The molecule has 1 aromatic rings. The van der Waals surface area contributed by atoms with Gasteiger partial charge in [-0.15, -0.1) is 0 Å². The van der Waals surface area contributed by atoms with E-state index in [0.29, 0.717) is 12.1 Å². The summed E-state index contributed by atoms with van der Waals surface area (Å²) in [5, 5.41) is 0. The van der Waals surface area contributed by atoms with Crippen LogP contribution in [0.1, 0.15) is 44.5 Å². The molecule has 106 valence electrons. The molecule has 0 fully saturated rings. The average molecular weight is 283 g/mol. The topological polar surface area (TPSA) is 54.5 Å². The second kappa shape index (κ2) is 6.30. The highest BCUT2D eigenvalue weighted by Crippen LogP contribution is 2.20. The lowest BCUT2D eigenvalue weighted by atomic mass is 10.2. The van der Waals surface area contributed by atoms with Crippen LogP contribution in [0.15, 0.2) is 29.2 Å². The Hall–Kier alpha value is -1.20. The van der Waals surface area contributed by atoms with Crippen molar-refractivity contribution in [1.82, 2.24) is 4.31 Å². The fraction of sp³-hybridized carbons (Fsp3) is 0.500. The van der Waals surface area contributed by atoms with Gasteiger partial charge in [-0.2, -0.15) is 4.31 Å². The Bertz CT molecular complexity index is 550. The number of ketones is 1. The highest BCUT2D eigenvalue weighted by atomic mass is 32.2. The molecule has 19 heavy (non-hydrogen) atoms. The maximum absolute atomic E-state index is 12.6. The van der Waals surface area contributed by atoms with E-state index in [1.807, 2.05) is 20.8 Å². The van der Waals surface area contributed by atoms with Crippen LogP contribution in [-0.4, -0.2) is 31.1 Å². The molecule has 5 heteroatoms. The van der Waals surface area contributed by atoms with Crippen LogP contribution in [0.2, 0.25) is 0 Å². The number of carbonyl (C=O) groups excluding carboxylic acids is 1. The third-order valence-corrected chi connectivity index (χ3v) is 4.94. The highest BCUT2D eigenvalue weighted by molar-refractivity contribution is 7.89. The van der Waals surface area contributed by atoms with Crippen LogP contribution in [-0.2, 0) is 10.0 Å². The number of benzene rings is 1. The Morgan fingerprint density at radius 3 is 2.42 bits per heavy atom. The van der Waals surface area contributed by atoms with Crippen molar-refractivity contribution in [1.29, 1.82) is 0 Å². The quantitative estimate of drug-likeness (QED) is 0.754. The van der Waals surface area contributed by atoms with Crippen molar-refractivity contribution in [2.75, 3.05) is 6.54 Å². The molecule has 0 spiro atoms. The minimum Gasteiger partial charge on any atom is -0.295 e. The van der Waals surface area contributed by atoms with Crippen LogP contribution in [0, 0.1) is 0 Å². The summed E-state index contributed by atoms with van der Waals surface area (Å²) in [6.07, 6.45) is 0.754. The van der Waals surface area contributed by atoms with E-state index in [-0.39, 0.29) is 16.7 Å². The van der Waals surface area contributed by atoms with E-state index in [1.54, 1.807) is 12.1 Å². The standard InChI is InChI=1S/C14H21NO3S/c1-5-9-15(11(2)3)19(17,18)14-8-6-7-13(10-14)12(4)16/h6-8,10-11H,5,9H2,1-4H3. The second-order valence-corrected chi connectivity index (χ2v) is 6.68. The molecule has 0 N–H and O–H groups in total. The molecule has 0 saturated carbocycles. The largest absolute Gasteiger partial charge is 0.295 e. The maximum Gasteiger partial charge on any atom is 0.243 e. The molecule has 0 bridgehead atoms. The van der Waals surface area contributed by atoms with E-state index in [2.05, 4.69) is 0 Å². The minimum atomic E-state index is -3.54. The summed E-state index contributed by atoms with van der Waals surface area (Å²) in [4.78, 5) is 11.5. The number of nitrogens with zero attached hydrogens (tertiary/aromatic N) is 1. The van der Waals surface area contributed by atoms with E-state index in [9.17, 15) is 13.2 Å². The first-order chi connectivity index (χ1) is 8.80. The highest BCUT2D eigenvalue weighted by Gasteiger charge is 2.26. The molecule has 0 radical (unpaired) electrons. The van der Waals surface area contributed by atoms with E-state index < -0.39 is 10.0 Å². The van der Waals surface area contributed by atoms with Gasteiger partial charge in [-0.25, -0.2) is 8.42 Å². The van der Waals surface area contributed by atoms with Crippen molar-refractivity contribution in [3.8, 4) is 0 Å². The Morgan fingerprint density at radius 1 is 1.32 bits per heavy atom. The molecule has 0 unspecified atom stereocenters. The molecule has 0 aliphatic carbocycles. The van der Waals surface area contributed by atoms with Gasteiger partial charge in [0, 0.05) is 18.2 Å². The van der Waals surface area contributed by atoms with Crippen molar-refractivity contribution in [3.05, 3.63) is 29.8 Å². The lowest BCUT2D eigenvalue weighted by Crippen LogP contribution is -2.37. The molecular formula is C14H21NO3S. The van der Waals surface area contributed by atoms with E-state index in [0.717, 1.165) is 6.42 Å². The molecule has 1 rings (SSSR count). The average Bonchev–Trinajstić information content (AvgIpc) is 2.35. The van der Waals surface area contributed by atoms with E-state index in [4.69, 9.17) is 0 Å². The van der Waals surface area contributed by atoms with Gasteiger partial charge in [-0.1, -0.05) is 19.1 Å². The van der Waals surface area contributed by atoms with Gasteiger partial charge < -0.3 is 0 Å². The predicted octanol–water partition coefficient (Wildman–Crippen LogP) is 2.70. The molecule has 0 amide bonds. The summed E-state index contributed by atoms with van der Waals surface area (Å²) in [5.41, 5.74) is 0.418. The van der Waals surface area contributed by atoms with Crippen molar-refractivity contribution in [2.24, 2.45) is 0 Å².